The van der Waals surface area contributed by atoms with Gasteiger partial charge in [-0.3, -0.25) is 0 Å². The van der Waals surface area contributed by atoms with Gasteiger partial charge < -0.3 is 4.57 Å². The first-order valence-electron chi connectivity index (χ1n) is 6.68. The van der Waals surface area contributed by atoms with Gasteiger partial charge in [-0.25, -0.2) is 0 Å². The summed E-state index contributed by atoms with van der Waals surface area (Å²) in [5.41, 5.74) is 0.282. The third-order valence-corrected chi connectivity index (χ3v) is 2.85. The number of hydrogen-bond donors (Lipinski definition) is 0. The van der Waals surface area contributed by atoms with E-state index in [-0.39, 0.29) is 0 Å². The Morgan fingerprint density at radius 3 is 2.37 bits per heavy atom. The molecule has 0 N–H and O–H groups in total. The summed E-state index contributed by atoms with van der Waals surface area (Å²) in [6.45, 7) is 6.94. The monoisotopic (exact) mass is 271 g/mol. The van der Waals surface area contributed by atoms with Crippen LogP contribution in [0.3, 0.4) is 0 Å². The molecule has 106 valence electrons. The maximum Gasteiger partial charge on any atom is 0.416 e. The summed E-state index contributed by atoms with van der Waals surface area (Å²) >= 11 is 0. The summed E-state index contributed by atoms with van der Waals surface area (Å²) in [4.78, 5) is 0. The van der Waals surface area contributed by atoms with E-state index in [4.69, 9.17) is 0 Å². The molecule has 0 spiro atoms. The predicted octanol–water partition coefficient (Wildman–Crippen LogP) is 5.49. The van der Waals surface area contributed by atoms with E-state index in [9.17, 15) is 13.2 Å². The van der Waals surface area contributed by atoms with Crippen molar-refractivity contribution in [2.24, 2.45) is 0 Å². The van der Waals surface area contributed by atoms with Crippen LogP contribution in [0.1, 0.15) is 39.2 Å². The number of rotatable bonds is 3. The molecule has 2 aromatic rings. The van der Waals surface area contributed by atoms with E-state index in [1.807, 2.05) is 24.6 Å². The van der Waals surface area contributed by atoms with Crippen molar-refractivity contribution in [3.05, 3.63) is 36.0 Å². The van der Waals surface area contributed by atoms with Crippen LogP contribution in [0.5, 0.6) is 0 Å². The number of fused-ring (bicyclic) bond motifs is 1. The number of unbranched alkanes of at least 4 members (excludes halogenated alkanes) is 1. The molecule has 0 aliphatic rings. The molecule has 0 saturated carbocycles. The van der Waals surface area contributed by atoms with Crippen LogP contribution in [0.4, 0.5) is 13.2 Å². The minimum Gasteiger partial charge on any atom is -0.347 e. The Kier molecular flexibility index (Phi) is 5.45. The first kappa shape index (κ1) is 15.6. The number of hydrogen-bond acceptors (Lipinski definition) is 0. The fraction of sp³-hybridized carbons (Fsp3) is 0.467. The molecule has 4 heteroatoms. The van der Waals surface area contributed by atoms with Crippen molar-refractivity contribution in [1.29, 1.82) is 0 Å². The van der Waals surface area contributed by atoms with E-state index in [0.29, 0.717) is 5.39 Å². The van der Waals surface area contributed by atoms with Gasteiger partial charge in [0.05, 0.1) is 5.56 Å². The Balaban J connectivity index is 0.000000861. The van der Waals surface area contributed by atoms with Crippen molar-refractivity contribution >= 4 is 10.9 Å². The van der Waals surface area contributed by atoms with Gasteiger partial charge >= 0.3 is 6.18 Å². The summed E-state index contributed by atoms with van der Waals surface area (Å²) in [7, 11) is 0. The Labute approximate surface area is 112 Å². The van der Waals surface area contributed by atoms with Crippen LogP contribution in [0.25, 0.3) is 10.9 Å². The van der Waals surface area contributed by atoms with E-state index in [0.717, 1.165) is 31.0 Å². The number of nitrogens with zero attached hydrogens (tertiary/aromatic N) is 1. The second kappa shape index (κ2) is 6.64. The molecule has 0 amide bonds. The highest BCUT2D eigenvalue weighted by atomic mass is 19.4. The first-order chi connectivity index (χ1) is 9.02. The average Bonchev–Trinajstić information content (AvgIpc) is 2.80. The van der Waals surface area contributed by atoms with E-state index in [1.165, 1.54) is 6.07 Å². The first-order valence-corrected chi connectivity index (χ1v) is 6.68. The van der Waals surface area contributed by atoms with Gasteiger partial charge in [-0.1, -0.05) is 27.2 Å². The second-order valence-corrected chi connectivity index (χ2v) is 4.13. The quantitative estimate of drug-likeness (QED) is 0.696. The molecule has 0 bridgehead atoms. The SMILES string of the molecule is CC.CCCCn1ccc2cc(C(F)(F)F)ccc21. The zero-order valence-electron chi connectivity index (χ0n) is 11.6. The molecule has 0 aliphatic heterocycles. The number of halogens is 3. The van der Waals surface area contributed by atoms with E-state index in [1.54, 1.807) is 12.1 Å². The number of alkyl halides is 3. The lowest BCUT2D eigenvalue weighted by Crippen LogP contribution is -2.04. The average molecular weight is 271 g/mol. The lowest BCUT2D eigenvalue weighted by atomic mass is 10.1. The largest absolute Gasteiger partial charge is 0.416 e. The van der Waals surface area contributed by atoms with Gasteiger partial charge in [0.25, 0.3) is 0 Å². The molecule has 2 rings (SSSR count). The molecule has 1 aromatic heterocycles. The van der Waals surface area contributed by atoms with Crippen molar-refractivity contribution in [3.63, 3.8) is 0 Å². The summed E-state index contributed by atoms with van der Waals surface area (Å²) in [6, 6.07) is 5.64. The Hall–Kier alpha value is -1.45. The Morgan fingerprint density at radius 2 is 1.79 bits per heavy atom. The molecule has 1 heterocycles. The Bertz CT molecular complexity index is 512. The van der Waals surface area contributed by atoms with Crippen LogP contribution in [0.15, 0.2) is 30.5 Å². The van der Waals surface area contributed by atoms with Crippen LogP contribution in [0.2, 0.25) is 0 Å². The lowest BCUT2D eigenvalue weighted by Gasteiger charge is -2.08. The van der Waals surface area contributed by atoms with Crippen molar-refractivity contribution in [2.45, 2.75) is 46.3 Å². The molecular formula is C15H20F3N. The lowest BCUT2D eigenvalue weighted by molar-refractivity contribution is -0.137. The zero-order valence-corrected chi connectivity index (χ0v) is 11.6. The van der Waals surface area contributed by atoms with Crippen LogP contribution in [-0.4, -0.2) is 4.57 Å². The van der Waals surface area contributed by atoms with Crippen LogP contribution in [0, 0.1) is 0 Å². The fourth-order valence-electron chi connectivity index (χ4n) is 1.90. The van der Waals surface area contributed by atoms with Crippen LogP contribution in [-0.2, 0) is 12.7 Å². The van der Waals surface area contributed by atoms with E-state index >= 15 is 0 Å². The number of aryl methyl sites for hydroxylation is 1. The topological polar surface area (TPSA) is 4.93 Å². The highest BCUT2D eigenvalue weighted by molar-refractivity contribution is 5.81. The summed E-state index contributed by atoms with van der Waals surface area (Å²) in [6.07, 6.45) is -0.314. The highest BCUT2D eigenvalue weighted by Gasteiger charge is 2.30. The van der Waals surface area contributed by atoms with Crippen molar-refractivity contribution in [3.8, 4) is 0 Å². The van der Waals surface area contributed by atoms with Gasteiger partial charge in [-0.05, 0) is 30.7 Å². The zero-order chi connectivity index (χ0) is 14.5. The van der Waals surface area contributed by atoms with Gasteiger partial charge in [-0.2, -0.15) is 13.2 Å². The normalized spacial score (nSPS) is 11.3. The van der Waals surface area contributed by atoms with Crippen LogP contribution >= 0.6 is 0 Å². The molecule has 0 atom stereocenters. The molecule has 0 saturated heterocycles. The van der Waals surface area contributed by atoms with E-state index in [2.05, 4.69) is 6.92 Å². The van der Waals surface area contributed by atoms with Gasteiger partial charge in [0.15, 0.2) is 0 Å². The molecule has 0 fully saturated rings. The molecular weight excluding hydrogens is 251 g/mol. The minimum absolute atomic E-state index is 0.585. The number of aromatic nitrogens is 1. The van der Waals surface area contributed by atoms with Crippen molar-refractivity contribution in [1.82, 2.24) is 4.57 Å². The number of benzene rings is 1. The molecule has 1 aromatic carbocycles. The van der Waals surface area contributed by atoms with Gasteiger partial charge in [0.2, 0.25) is 0 Å². The third-order valence-electron chi connectivity index (χ3n) is 2.85. The van der Waals surface area contributed by atoms with Gasteiger partial charge in [-0.15, -0.1) is 0 Å². The smallest absolute Gasteiger partial charge is 0.347 e. The van der Waals surface area contributed by atoms with Crippen LogP contribution < -0.4 is 0 Å². The van der Waals surface area contributed by atoms with Gasteiger partial charge in [0.1, 0.15) is 0 Å². The molecule has 0 unspecified atom stereocenters. The second-order valence-electron chi connectivity index (χ2n) is 4.13. The fourth-order valence-corrected chi connectivity index (χ4v) is 1.90. The summed E-state index contributed by atoms with van der Waals surface area (Å²) in [5.74, 6) is 0. The van der Waals surface area contributed by atoms with Crippen molar-refractivity contribution < 1.29 is 13.2 Å². The summed E-state index contributed by atoms with van der Waals surface area (Å²) in [5, 5.41) is 0.649. The summed E-state index contributed by atoms with van der Waals surface area (Å²) < 4.78 is 39.6. The highest BCUT2D eigenvalue weighted by Crippen LogP contribution is 2.31. The van der Waals surface area contributed by atoms with E-state index < -0.39 is 11.7 Å². The molecule has 1 nitrogen and oxygen atoms in total. The third kappa shape index (κ3) is 3.75. The maximum atomic E-state index is 12.5. The van der Waals surface area contributed by atoms with Gasteiger partial charge in [0, 0.05) is 23.6 Å². The molecule has 0 radical (unpaired) electrons. The van der Waals surface area contributed by atoms with Crippen molar-refractivity contribution in [2.75, 3.05) is 0 Å². The standard InChI is InChI=1S/C13H14F3N.C2H6/c1-2-3-7-17-8-6-10-9-11(13(14,15)16)4-5-12(10)17;1-2/h4-6,8-9H,2-3,7H2,1H3;1-2H3. The minimum atomic E-state index is -4.26. The predicted molar refractivity (Wildman–Crippen MR) is 73.2 cm³/mol. The molecule has 19 heavy (non-hydrogen) atoms. The molecule has 0 aliphatic carbocycles. The Morgan fingerprint density at radius 1 is 1.11 bits per heavy atom. The maximum absolute atomic E-state index is 12.5.